The van der Waals surface area contributed by atoms with Crippen LogP contribution in [-0.2, 0) is 30.7 Å². The summed E-state index contributed by atoms with van der Waals surface area (Å²) in [5, 5.41) is 0. The van der Waals surface area contributed by atoms with Crippen LogP contribution in [0.5, 0.6) is 0 Å². The minimum atomic E-state index is 0. The smallest absolute Gasteiger partial charge is 0.0181 e. The van der Waals surface area contributed by atoms with Crippen LogP contribution in [0.3, 0.4) is 0 Å². The summed E-state index contributed by atoms with van der Waals surface area (Å²) in [7, 11) is 0. The summed E-state index contributed by atoms with van der Waals surface area (Å²) < 4.78 is 1.42. The van der Waals surface area contributed by atoms with E-state index < -0.39 is 0 Å². The van der Waals surface area contributed by atoms with E-state index in [1.165, 1.54) is 101 Å². The second kappa shape index (κ2) is 20.0. The first-order valence-corrected chi connectivity index (χ1v) is 19.3. The van der Waals surface area contributed by atoms with Crippen molar-refractivity contribution in [3.05, 3.63) is 204 Å². The molecule has 3 heteroatoms. The minimum absolute atomic E-state index is 0. The quantitative estimate of drug-likeness (QED) is 0.160. The van der Waals surface area contributed by atoms with Crippen molar-refractivity contribution in [2.24, 2.45) is 11.3 Å². The second-order valence-corrected chi connectivity index (χ2v) is 15.5. The number of allylic oxidation sites excluding steroid dienone is 4. The van der Waals surface area contributed by atoms with Gasteiger partial charge in [-0.05, 0) is 23.1 Å². The van der Waals surface area contributed by atoms with Crippen LogP contribution in [0.2, 0.25) is 0 Å². The van der Waals surface area contributed by atoms with Crippen LogP contribution in [0.4, 0.5) is 0 Å². The van der Waals surface area contributed by atoms with Crippen LogP contribution in [0.25, 0.3) is 33.4 Å². The van der Waals surface area contributed by atoms with Crippen molar-refractivity contribution >= 4 is 3.21 Å². The molecular formula is C50H46Cl2Zr-2. The first kappa shape index (κ1) is 41.9. The third kappa shape index (κ3) is 11.1. The van der Waals surface area contributed by atoms with Gasteiger partial charge in [-0.1, -0.05) is 147 Å². The number of fused-ring (bicyclic) bond motifs is 3. The minimum Gasteiger partial charge on any atom is -0.143 e. The van der Waals surface area contributed by atoms with Crippen molar-refractivity contribution in [3.63, 3.8) is 0 Å². The summed E-state index contributed by atoms with van der Waals surface area (Å²) in [5.41, 5.74) is 14.8. The molecule has 0 saturated carbocycles. The van der Waals surface area contributed by atoms with Gasteiger partial charge in [0.15, 0.2) is 0 Å². The van der Waals surface area contributed by atoms with Crippen LogP contribution in [0, 0.1) is 23.5 Å². The molecule has 0 bridgehead atoms. The maximum absolute atomic E-state index is 3.65. The van der Waals surface area contributed by atoms with Crippen molar-refractivity contribution < 1.29 is 49.0 Å². The van der Waals surface area contributed by atoms with Gasteiger partial charge in [-0.2, -0.15) is 11.6 Å². The number of hydrogen-bond acceptors (Lipinski definition) is 0. The molecule has 2 aliphatic rings. The van der Waals surface area contributed by atoms with E-state index in [0.29, 0.717) is 11.3 Å². The summed E-state index contributed by atoms with van der Waals surface area (Å²) in [6, 6.07) is 57.1. The van der Waals surface area contributed by atoms with Crippen LogP contribution in [-0.4, -0.2) is 3.21 Å². The molecule has 0 spiro atoms. The van der Waals surface area contributed by atoms with E-state index in [9.17, 15) is 0 Å². The van der Waals surface area contributed by atoms with Gasteiger partial charge in [0.05, 0.1) is 0 Å². The predicted molar refractivity (Wildman–Crippen MR) is 214 cm³/mol. The third-order valence-electron chi connectivity index (χ3n) is 9.41. The van der Waals surface area contributed by atoms with Gasteiger partial charge >= 0.3 is 99.2 Å². The summed E-state index contributed by atoms with van der Waals surface area (Å²) in [6.45, 7) is 8.99. The molecule has 1 atom stereocenters. The van der Waals surface area contributed by atoms with Crippen LogP contribution in [0.15, 0.2) is 169 Å². The first-order chi connectivity index (χ1) is 24.8. The number of rotatable bonds is 6. The van der Waals surface area contributed by atoms with Gasteiger partial charge in [0, 0.05) is 0 Å². The number of halogens is 2. The maximum Gasteiger partial charge on any atom is -0.0181 e. The second-order valence-electron chi connectivity index (χ2n) is 14.2. The molecule has 0 nitrogen and oxygen atoms in total. The van der Waals surface area contributed by atoms with E-state index in [2.05, 4.69) is 204 Å². The molecule has 0 saturated heterocycles. The Labute approximate surface area is 345 Å². The van der Waals surface area contributed by atoms with E-state index in [1.807, 2.05) is 0 Å². The Kier molecular flexibility index (Phi) is 15.8. The Morgan fingerprint density at radius 1 is 0.642 bits per heavy atom. The Bertz CT molecular complexity index is 1980. The fourth-order valence-corrected chi connectivity index (χ4v) is 7.37. The molecule has 0 fully saturated rings. The van der Waals surface area contributed by atoms with Crippen LogP contribution < -0.4 is 24.8 Å². The molecule has 0 aromatic heterocycles. The first-order valence-electron chi connectivity index (χ1n) is 18.1. The molecular weight excluding hydrogens is 763 g/mol. The Hall–Kier alpha value is -3.87. The van der Waals surface area contributed by atoms with Gasteiger partial charge in [-0.3, -0.25) is 6.08 Å². The Morgan fingerprint density at radius 2 is 1.17 bits per heavy atom. The molecule has 0 N–H and O–H groups in total. The molecule has 266 valence electrons. The Morgan fingerprint density at radius 3 is 1.70 bits per heavy atom. The monoisotopic (exact) mass is 806 g/mol. The van der Waals surface area contributed by atoms with Gasteiger partial charge < -0.3 is 24.8 Å². The topological polar surface area (TPSA) is 0 Å². The van der Waals surface area contributed by atoms with Crippen molar-refractivity contribution in [2.45, 2.75) is 47.0 Å². The van der Waals surface area contributed by atoms with Crippen LogP contribution in [0.1, 0.15) is 62.8 Å². The molecule has 53 heavy (non-hydrogen) atoms. The van der Waals surface area contributed by atoms with E-state index in [0.717, 1.165) is 6.42 Å². The summed E-state index contributed by atoms with van der Waals surface area (Å²) in [5.74, 6) is 0.587. The van der Waals surface area contributed by atoms with E-state index in [4.69, 9.17) is 0 Å². The molecule has 0 radical (unpaired) electrons. The van der Waals surface area contributed by atoms with E-state index in [1.54, 1.807) is 0 Å². The molecule has 6 aromatic carbocycles. The zero-order valence-corrected chi connectivity index (χ0v) is 35.0. The van der Waals surface area contributed by atoms with Crippen molar-refractivity contribution in [1.29, 1.82) is 0 Å². The zero-order valence-electron chi connectivity index (χ0n) is 31.0. The molecule has 0 amide bonds. The van der Waals surface area contributed by atoms with Gasteiger partial charge in [0.2, 0.25) is 0 Å². The largest absolute Gasteiger partial charge is 0.143 e. The zero-order chi connectivity index (χ0) is 35.6. The van der Waals surface area contributed by atoms with E-state index >= 15 is 0 Å². The van der Waals surface area contributed by atoms with Gasteiger partial charge in [-0.25, -0.2) is 6.08 Å². The van der Waals surface area contributed by atoms with Crippen LogP contribution >= 0.6 is 0 Å². The van der Waals surface area contributed by atoms with Gasteiger partial charge in [-0.15, -0.1) is 29.3 Å². The van der Waals surface area contributed by atoms with Crippen molar-refractivity contribution in [1.82, 2.24) is 0 Å². The molecule has 6 aromatic rings. The average Bonchev–Trinajstić information content (AvgIpc) is 3.81. The van der Waals surface area contributed by atoms with Crippen molar-refractivity contribution in [2.75, 3.05) is 0 Å². The Balaban J connectivity index is 0.000000192. The van der Waals surface area contributed by atoms with Gasteiger partial charge in [0.25, 0.3) is 0 Å². The summed E-state index contributed by atoms with van der Waals surface area (Å²) >= 11 is 1.46. The molecule has 8 rings (SSSR count). The maximum atomic E-state index is 3.65. The standard InChI is InChI=1S/C25H17.C13H10.C12H19.2ClH.Zr/c1-3-7-18(8-4-1)20-11-13-24-22(15-20)17-23-16-21(12-14-25(23)24)19-9-5-2-6-10-19;1-3-7-12(8-4-1)11-13-9-5-2-6-10-13;1-5-6-10-7-8-11(9-10)12(2,3)4;;;/h1-15H,17H2;1-10H;8-10H,5-6H2,1-4H3;2*1H;/q-1;;-1;;;+2/p-2. The molecule has 0 heterocycles. The third-order valence-corrected chi connectivity index (χ3v) is 10.8. The van der Waals surface area contributed by atoms with E-state index in [-0.39, 0.29) is 24.8 Å². The fourth-order valence-electron chi connectivity index (χ4n) is 6.55. The number of hydrogen-bond donors (Lipinski definition) is 0. The van der Waals surface area contributed by atoms with Gasteiger partial charge in [0.1, 0.15) is 0 Å². The van der Waals surface area contributed by atoms with Crippen molar-refractivity contribution in [3.8, 4) is 33.4 Å². The summed E-state index contributed by atoms with van der Waals surface area (Å²) in [4.78, 5) is 0. The average molecular weight is 809 g/mol. The summed E-state index contributed by atoms with van der Waals surface area (Å²) in [6.07, 6.45) is 11.4. The molecule has 2 aliphatic carbocycles. The predicted octanol–water partition coefficient (Wildman–Crippen LogP) is 6.95. The normalized spacial score (nSPS) is 13.4. The fraction of sp³-hybridized carbons (Fsp3) is 0.180. The molecule has 1 unspecified atom stereocenters. The SMILES string of the molecule is CCCC1[C-]=CC(C(C)(C)C)=C1.[Cl-].[Cl-].[Zr+2]=[C](c1ccccc1)c1ccccc1.[c-]1c(-c2ccccc2)ccc2c1Cc1cc(-c3ccccc3)ccc1-2. The molecule has 0 aliphatic heterocycles. The number of benzene rings is 6.